The van der Waals surface area contributed by atoms with Gasteiger partial charge in [0.2, 0.25) is 0 Å². The standard InChI is InChI=1S/C22H23NO2/c1-17(19-11-13-20(23)14-12-19)15-24-21-9-5-6-10-22(21)25-16-18-7-3-2-4-8-18/h2-14,17H,15-16,23H2,1H3. The third-order valence-corrected chi connectivity index (χ3v) is 4.08. The summed E-state index contributed by atoms with van der Waals surface area (Å²) in [5, 5.41) is 0. The Kier molecular flexibility index (Phi) is 5.57. The van der Waals surface area contributed by atoms with E-state index in [4.69, 9.17) is 15.2 Å². The van der Waals surface area contributed by atoms with Gasteiger partial charge in [0.1, 0.15) is 6.61 Å². The average Bonchev–Trinajstić information content (AvgIpc) is 2.66. The van der Waals surface area contributed by atoms with Crippen molar-refractivity contribution < 1.29 is 9.47 Å². The molecule has 1 unspecified atom stereocenters. The van der Waals surface area contributed by atoms with Gasteiger partial charge in [-0.2, -0.15) is 0 Å². The lowest BCUT2D eigenvalue weighted by molar-refractivity contribution is 0.253. The number of nitrogen functional groups attached to an aromatic ring is 1. The third kappa shape index (κ3) is 4.77. The molecule has 0 amide bonds. The van der Waals surface area contributed by atoms with E-state index >= 15 is 0 Å². The van der Waals surface area contributed by atoms with Crippen molar-refractivity contribution in [2.24, 2.45) is 0 Å². The van der Waals surface area contributed by atoms with Crippen LogP contribution >= 0.6 is 0 Å². The fourth-order valence-corrected chi connectivity index (χ4v) is 2.56. The monoisotopic (exact) mass is 333 g/mol. The van der Waals surface area contributed by atoms with E-state index in [1.807, 2.05) is 78.9 Å². The second-order valence-corrected chi connectivity index (χ2v) is 6.10. The van der Waals surface area contributed by atoms with E-state index in [1.54, 1.807) is 0 Å². The first-order valence-corrected chi connectivity index (χ1v) is 8.46. The first-order chi connectivity index (χ1) is 12.2. The van der Waals surface area contributed by atoms with Gasteiger partial charge in [-0.25, -0.2) is 0 Å². The molecule has 0 radical (unpaired) electrons. The molecule has 0 aliphatic carbocycles. The Balaban J connectivity index is 1.61. The van der Waals surface area contributed by atoms with Crippen molar-refractivity contribution in [2.45, 2.75) is 19.4 Å². The lowest BCUT2D eigenvalue weighted by atomic mass is 10.0. The number of benzene rings is 3. The Labute approximate surface area is 149 Å². The predicted octanol–water partition coefficient (Wildman–Crippen LogP) is 5.03. The summed E-state index contributed by atoms with van der Waals surface area (Å²) in [5.74, 6) is 1.79. The molecular formula is C22H23NO2. The molecule has 2 N–H and O–H groups in total. The fourth-order valence-electron chi connectivity index (χ4n) is 2.56. The third-order valence-electron chi connectivity index (χ3n) is 4.08. The lowest BCUT2D eigenvalue weighted by Crippen LogP contribution is -2.08. The second kappa shape index (κ2) is 8.25. The van der Waals surface area contributed by atoms with E-state index in [-0.39, 0.29) is 5.92 Å². The minimum absolute atomic E-state index is 0.266. The van der Waals surface area contributed by atoms with Crippen molar-refractivity contribution >= 4 is 5.69 Å². The van der Waals surface area contributed by atoms with Crippen molar-refractivity contribution in [3.63, 3.8) is 0 Å². The molecule has 1 atom stereocenters. The molecule has 3 rings (SSSR count). The number of anilines is 1. The molecule has 3 nitrogen and oxygen atoms in total. The maximum atomic E-state index is 6.02. The van der Waals surface area contributed by atoms with E-state index in [1.165, 1.54) is 5.56 Å². The van der Waals surface area contributed by atoms with Crippen LogP contribution in [0.15, 0.2) is 78.9 Å². The summed E-state index contributed by atoms with van der Waals surface area (Å²) >= 11 is 0. The Morgan fingerprint density at radius 1 is 0.760 bits per heavy atom. The quantitative estimate of drug-likeness (QED) is 0.617. The predicted molar refractivity (Wildman–Crippen MR) is 102 cm³/mol. The van der Waals surface area contributed by atoms with Gasteiger partial charge in [-0.1, -0.05) is 61.5 Å². The molecule has 0 heterocycles. The maximum Gasteiger partial charge on any atom is 0.161 e. The van der Waals surface area contributed by atoms with Crippen LogP contribution in [0, 0.1) is 0 Å². The highest BCUT2D eigenvalue weighted by Crippen LogP contribution is 2.29. The van der Waals surface area contributed by atoms with Gasteiger partial charge in [0.15, 0.2) is 11.5 Å². The Hall–Kier alpha value is -2.94. The number of nitrogens with two attached hydrogens (primary N) is 1. The van der Waals surface area contributed by atoms with Gasteiger partial charge >= 0.3 is 0 Å². The van der Waals surface area contributed by atoms with Crippen molar-refractivity contribution in [3.8, 4) is 11.5 Å². The largest absolute Gasteiger partial charge is 0.489 e. The van der Waals surface area contributed by atoms with Crippen LogP contribution in [-0.4, -0.2) is 6.61 Å². The summed E-state index contributed by atoms with van der Waals surface area (Å²) in [7, 11) is 0. The summed E-state index contributed by atoms with van der Waals surface area (Å²) in [5.41, 5.74) is 8.86. The van der Waals surface area contributed by atoms with Crippen LogP contribution in [0.2, 0.25) is 0 Å². The minimum atomic E-state index is 0.266. The number of para-hydroxylation sites is 2. The molecule has 0 aliphatic heterocycles. The molecule has 3 aromatic carbocycles. The zero-order valence-corrected chi connectivity index (χ0v) is 14.4. The number of rotatable bonds is 7. The van der Waals surface area contributed by atoms with E-state index in [0.29, 0.717) is 13.2 Å². The van der Waals surface area contributed by atoms with Crippen molar-refractivity contribution in [1.29, 1.82) is 0 Å². The number of hydrogen-bond acceptors (Lipinski definition) is 3. The van der Waals surface area contributed by atoms with Gasteiger partial charge < -0.3 is 15.2 Å². The molecule has 3 heteroatoms. The van der Waals surface area contributed by atoms with Crippen LogP contribution in [0.1, 0.15) is 24.0 Å². The van der Waals surface area contributed by atoms with Crippen molar-refractivity contribution in [2.75, 3.05) is 12.3 Å². The highest BCUT2D eigenvalue weighted by Gasteiger charge is 2.09. The highest BCUT2D eigenvalue weighted by atomic mass is 16.5. The topological polar surface area (TPSA) is 44.5 Å². The molecule has 0 saturated carbocycles. The molecule has 0 fully saturated rings. The van der Waals surface area contributed by atoms with Crippen LogP contribution in [0.4, 0.5) is 5.69 Å². The maximum absolute atomic E-state index is 6.02. The number of hydrogen-bond donors (Lipinski definition) is 1. The molecular weight excluding hydrogens is 310 g/mol. The molecule has 0 bridgehead atoms. The second-order valence-electron chi connectivity index (χ2n) is 6.10. The first kappa shape index (κ1) is 16.9. The van der Waals surface area contributed by atoms with Crippen LogP contribution in [0.3, 0.4) is 0 Å². The zero-order valence-electron chi connectivity index (χ0n) is 14.4. The Morgan fingerprint density at radius 2 is 1.36 bits per heavy atom. The van der Waals surface area contributed by atoms with Gasteiger partial charge in [0.25, 0.3) is 0 Å². The van der Waals surface area contributed by atoms with Gasteiger partial charge in [-0.3, -0.25) is 0 Å². The fraction of sp³-hybridized carbons (Fsp3) is 0.182. The Bertz CT molecular complexity index is 785. The van der Waals surface area contributed by atoms with Crippen LogP contribution in [0.25, 0.3) is 0 Å². The molecule has 0 spiro atoms. The SMILES string of the molecule is CC(COc1ccccc1OCc1ccccc1)c1ccc(N)cc1. The number of ether oxygens (including phenoxy) is 2. The average molecular weight is 333 g/mol. The van der Waals surface area contributed by atoms with Crippen LogP contribution in [0.5, 0.6) is 11.5 Å². The smallest absolute Gasteiger partial charge is 0.161 e. The zero-order chi connectivity index (χ0) is 17.5. The normalized spacial score (nSPS) is 11.7. The van der Waals surface area contributed by atoms with E-state index in [9.17, 15) is 0 Å². The van der Waals surface area contributed by atoms with Crippen LogP contribution < -0.4 is 15.2 Å². The molecule has 0 saturated heterocycles. The summed E-state index contributed by atoms with van der Waals surface area (Å²) in [4.78, 5) is 0. The van der Waals surface area contributed by atoms with Crippen LogP contribution in [-0.2, 0) is 6.61 Å². The summed E-state index contributed by atoms with van der Waals surface area (Å²) < 4.78 is 12.0. The van der Waals surface area contributed by atoms with Crippen molar-refractivity contribution in [1.82, 2.24) is 0 Å². The minimum Gasteiger partial charge on any atom is -0.489 e. The molecule has 25 heavy (non-hydrogen) atoms. The molecule has 3 aromatic rings. The Morgan fingerprint density at radius 3 is 2.04 bits per heavy atom. The van der Waals surface area contributed by atoms with E-state index in [2.05, 4.69) is 6.92 Å². The molecule has 0 aromatic heterocycles. The van der Waals surface area contributed by atoms with E-state index in [0.717, 1.165) is 22.7 Å². The molecule has 128 valence electrons. The van der Waals surface area contributed by atoms with Crippen molar-refractivity contribution in [3.05, 3.63) is 90.0 Å². The first-order valence-electron chi connectivity index (χ1n) is 8.46. The summed E-state index contributed by atoms with van der Waals surface area (Å²) in [6.07, 6.45) is 0. The summed E-state index contributed by atoms with van der Waals surface area (Å²) in [6.45, 7) is 3.24. The van der Waals surface area contributed by atoms with E-state index < -0.39 is 0 Å². The highest BCUT2D eigenvalue weighted by molar-refractivity contribution is 5.41. The van der Waals surface area contributed by atoms with Gasteiger partial charge in [-0.05, 0) is 35.4 Å². The van der Waals surface area contributed by atoms with Gasteiger partial charge in [0.05, 0.1) is 6.61 Å². The lowest BCUT2D eigenvalue weighted by Gasteiger charge is -2.16. The summed E-state index contributed by atoms with van der Waals surface area (Å²) in [6, 6.07) is 25.8. The molecule has 0 aliphatic rings. The van der Waals surface area contributed by atoms with Gasteiger partial charge in [0, 0.05) is 11.6 Å². The van der Waals surface area contributed by atoms with Gasteiger partial charge in [-0.15, -0.1) is 0 Å².